The molecule has 0 saturated carbocycles. The molecule has 0 fully saturated rings. The molecule has 1 amide bonds. The predicted molar refractivity (Wildman–Crippen MR) is 71.5 cm³/mol. The Kier molecular flexibility index (Phi) is 4.50. The smallest absolute Gasteiger partial charge is 0.411 e. The Balaban J connectivity index is 1.87. The summed E-state index contributed by atoms with van der Waals surface area (Å²) in [6.07, 6.45) is -0.556. The van der Waals surface area contributed by atoms with Crippen molar-refractivity contribution in [1.82, 2.24) is 0 Å². The van der Waals surface area contributed by atoms with Crippen molar-refractivity contribution in [1.29, 1.82) is 0 Å². The average Bonchev–Trinajstić information content (AvgIpc) is 2.46. The molecule has 3 nitrogen and oxygen atoms in total. The minimum Gasteiger partial charge on any atom is -0.444 e. The van der Waals surface area contributed by atoms with Gasteiger partial charge in [-0.25, -0.2) is 9.18 Å². The Hall–Kier alpha value is -2.36. The van der Waals surface area contributed by atoms with Crippen LogP contribution >= 0.6 is 0 Å². The fourth-order valence-electron chi connectivity index (χ4n) is 1.61. The van der Waals surface area contributed by atoms with Crippen LogP contribution in [0.15, 0.2) is 54.6 Å². The molecule has 1 N–H and O–H groups in total. The van der Waals surface area contributed by atoms with Gasteiger partial charge in [-0.3, -0.25) is 5.32 Å². The second-order valence-corrected chi connectivity index (χ2v) is 4.02. The molecule has 0 bridgehead atoms. The number of rotatable bonds is 4. The molecule has 0 heterocycles. The molecule has 0 aliphatic rings. The maximum absolute atomic E-state index is 12.5. The Morgan fingerprint density at radius 1 is 1.05 bits per heavy atom. The summed E-state index contributed by atoms with van der Waals surface area (Å²) in [4.78, 5) is 11.6. The van der Waals surface area contributed by atoms with E-state index < -0.39 is 12.8 Å². The van der Waals surface area contributed by atoms with Gasteiger partial charge in [0.2, 0.25) is 0 Å². The summed E-state index contributed by atoms with van der Waals surface area (Å²) in [6.45, 7) is -0.357. The number of hydrogen-bond acceptors (Lipinski definition) is 2. The lowest BCUT2D eigenvalue weighted by Gasteiger charge is -2.07. The van der Waals surface area contributed by atoms with Crippen molar-refractivity contribution in [3.05, 3.63) is 65.7 Å². The number of halogens is 1. The molecule has 0 aliphatic heterocycles. The third kappa shape index (κ3) is 4.10. The van der Waals surface area contributed by atoms with Crippen LogP contribution in [0.1, 0.15) is 11.1 Å². The van der Waals surface area contributed by atoms with Crippen molar-refractivity contribution in [2.24, 2.45) is 0 Å². The van der Waals surface area contributed by atoms with E-state index in [1.54, 1.807) is 24.3 Å². The molecule has 19 heavy (non-hydrogen) atoms. The van der Waals surface area contributed by atoms with Crippen molar-refractivity contribution in [3.8, 4) is 0 Å². The van der Waals surface area contributed by atoms with Crippen molar-refractivity contribution in [2.45, 2.75) is 13.3 Å². The van der Waals surface area contributed by atoms with Crippen LogP contribution in [0.2, 0.25) is 0 Å². The van der Waals surface area contributed by atoms with Crippen LogP contribution in [0.4, 0.5) is 14.9 Å². The van der Waals surface area contributed by atoms with E-state index in [1.165, 1.54) is 0 Å². The van der Waals surface area contributed by atoms with Gasteiger partial charge in [-0.05, 0) is 23.3 Å². The minimum absolute atomic E-state index is 0.204. The molecule has 0 aromatic heterocycles. The molecule has 0 radical (unpaired) electrons. The van der Waals surface area contributed by atoms with Gasteiger partial charge < -0.3 is 4.74 Å². The third-order valence-electron chi connectivity index (χ3n) is 2.54. The fourth-order valence-corrected chi connectivity index (χ4v) is 1.61. The topological polar surface area (TPSA) is 38.3 Å². The molecule has 4 heteroatoms. The summed E-state index contributed by atoms with van der Waals surface area (Å²) >= 11 is 0. The Labute approximate surface area is 111 Å². The summed E-state index contributed by atoms with van der Waals surface area (Å²) in [5.74, 6) is 0. The highest BCUT2D eigenvalue weighted by molar-refractivity contribution is 5.84. The lowest BCUT2D eigenvalue weighted by molar-refractivity contribution is 0.155. The number of alkyl halides is 1. The van der Waals surface area contributed by atoms with Crippen molar-refractivity contribution < 1.29 is 13.9 Å². The first-order chi connectivity index (χ1) is 9.28. The van der Waals surface area contributed by atoms with Gasteiger partial charge in [0.25, 0.3) is 0 Å². The van der Waals surface area contributed by atoms with Crippen LogP contribution in [0.25, 0.3) is 0 Å². The van der Waals surface area contributed by atoms with Crippen LogP contribution < -0.4 is 5.32 Å². The standard InChI is InChI=1S/C15H14FNO2/c16-10-13-7-4-8-14(9-13)17-15(18)19-11-12-5-2-1-3-6-12/h1-9H,10-11H2,(H,17,18). The van der Waals surface area contributed by atoms with E-state index in [9.17, 15) is 9.18 Å². The maximum Gasteiger partial charge on any atom is 0.411 e. The highest BCUT2D eigenvalue weighted by atomic mass is 19.1. The first-order valence-electron chi connectivity index (χ1n) is 5.90. The molecule has 2 aromatic carbocycles. The lowest BCUT2D eigenvalue weighted by Crippen LogP contribution is -2.13. The molecular weight excluding hydrogens is 245 g/mol. The van der Waals surface area contributed by atoms with E-state index in [1.807, 2.05) is 30.3 Å². The molecule has 0 spiro atoms. The largest absolute Gasteiger partial charge is 0.444 e. The zero-order valence-corrected chi connectivity index (χ0v) is 10.3. The van der Waals surface area contributed by atoms with Crippen molar-refractivity contribution >= 4 is 11.8 Å². The normalized spacial score (nSPS) is 9.95. The van der Waals surface area contributed by atoms with E-state index in [2.05, 4.69) is 5.32 Å². The Bertz CT molecular complexity index is 543. The van der Waals surface area contributed by atoms with E-state index in [0.29, 0.717) is 11.3 Å². The maximum atomic E-state index is 12.5. The second-order valence-electron chi connectivity index (χ2n) is 4.02. The van der Waals surface area contributed by atoms with Crippen LogP contribution in [-0.2, 0) is 18.0 Å². The van der Waals surface area contributed by atoms with E-state index in [0.717, 1.165) is 5.56 Å². The molecule has 2 aromatic rings. The third-order valence-corrected chi connectivity index (χ3v) is 2.54. The van der Waals surface area contributed by atoms with Crippen LogP contribution in [0, 0.1) is 0 Å². The van der Waals surface area contributed by atoms with Gasteiger partial charge in [0, 0.05) is 5.69 Å². The molecular formula is C15H14FNO2. The monoisotopic (exact) mass is 259 g/mol. The number of carbonyl (C=O) groups excluding carboxylic acids is 1. The van der Waals surface area contributed by atoms with E-state index in [-0.39, 0.29) is 6.61 Å². The summed E-state index contributed by atoms with van der Waals surface area (Å²) in [5, 5.41) is 2.56. The minimum atomic E-state index is -0.561. The number of ether oxygens (including phenoxy) is 1. The van der Waals surface area contributed by atoms with E-state index >= 15 is 0 Å². The van der Waals surface area contributed by atoms with Crippen molar-refractivity contribution in [2.75, 3.05) is 5.32 Å². The molecule has 0 unspecified atom stereocenters. The SMILES string of the molecule is O=C(Nc1cccc(CF)c1)OCc1ccccc1. The fraction of sp³-hybridized carbons (Fsp3) is 0.133. The van der Waals surface area contributed by atoms with Gasteiger partial charge in [0.15, 0.2) is 0 Å². The number of anilines is 1. The summed E-state index contributed by atoms with van der Waals surface area (Å²) < 4.78 is 17.5. The lowest BCUT2D eigenvalue weighted by atomic mass is 10.2. The van der Waals surface area contributed by atoms with Gasteiger partial charge in [-0.1, -0.05) is 42.5 Å². The highest BCUT2D eigenvalue weighted by Gasteiger charge is 2.04. The zero-order valence-electron chi connectivity index (χ0n) is 10.3. The second kappa shape index (κ2) is 6.54. The molecule has 0 aliphatic carbocycles. The average molecular weight is 259 g/mol. The highest BCUT2D eigenvalue weighted by Crippen LogP contribution is 2.12. The molecule has 2 rings (SSSR count). The number of amides is 1. The summed E-state index contributed by atoms with van der Waals surface area (Å²) in [6, 6.07) is 16.0. The number of benzene rings is 2. The first kappa shape index (κ1) is 13.1. The van der Waals surface area contributed by atoms with Gasteiger partial charge in [0.05, 0.1) is 0 Å². The van der Waals surface area contributed by atoms with Gasteiger partial charge in [-0.15, -0.1) is 0 Å². The first-order valence-corrected chi connectivity index (χ1v) is 5.90. The summed E-state index contributed by atoms with van der Waals surface area (Å²) in [5.41, 5.74) is 1.95. The molecule has 0 saturated heterocycles. The predicted octanol–water partition coefficient (Wildman–Crippen LogP) is 3.90. The van der Waals surface area contributed by atoms with Crippen LogP contribution in [-0.4, -0.2) is 6.09 Å². The molecule has 98 valence electrons. The van der Waals surface area contributed by atoms with Crippen LogP contribution in [0.5, 0.6) is 0 Å². The quantitative estimate of drug-likeness (QED) is 0.904. The summed E-state index contributed by atoms with van der Waals surface area (Å²) in [7, 11) is 0. The van der Waals surface area contributed by atoms with Gasteiger partial charge in [0.1, 0.15) is 13.3 Å². The number of nitrogens with one attached hydrogen (secondary N) is 1. The number of hydrogen-bond donors (Lipinski definition) is 1. The Morgan fingerprint density at radius 2 is 1.79 bits per heavy atom. The van der Waals surface area contributed by atoms with Crippen molar-refractivity contribution in [3.63, 3.8) is 0 Å². The molecule has 0 atom stereocenters. The van der Waals surface area contributed by atoms with E-state index in [4.69, 9.17) is 4.74 Å². The Morgan fingerprint density at radius 3 is 2.53 bits per heavy atom. The van der Waals surface area contributed by atoms with Gasteiger partial charge >= 0.3 is 6.09 Å². The number of carbonyl (C=O) groups is 1. The van der Waals surface area contributed by atoms with Gasteiger partial charge in [-0.2, -0.15) is 0 Å². The zero-order chi connectivity index (χ0) is 13.5. The van der Waals surface area contributed by atoms with Crippen LogP contribution in [0.3, 0.4) is 0 Å².